The molecule has 1 aromatic rings. The zero-order valence-corrected chi connectivity index (χ0v) is 7.29. The van der Waals surface area contributed by atoms with Gasteiger partial charge in [0.25, 0.3) is 0 Å². The second-order valence-corrected chi connectivity index (χ2v) is 1.96. The number of benzene rings is 1. The molecule has 0 heterocycles. The Balaban J connectivity index is 0.000001000. The Hall–Kier alpha value is -0.890. The van der Waals surface area contributed by atoms with E-state index in [9.17, 15) is 0 Å². The monoisotopic (exact) mass is 168 g/mol. The number of hydrogen-bond donors (Lipinski definition) is 0. The molecule has 0 saturated heterocycles. The summed E-state index contributed by atoms with van der Waals surface area (Å²) < 4.78 is 4.98. The summed E-state index contributed by atoms with van der Waals surface area (Å²) >= 11 is 0. The second-order valence-electron chi connectivity index (χ2n) is 1.96. The van der Waals surface area contributed by atoms with Gasteiger partial charge in [-0.2, -0.15) is 13.5 Å². The summed E-state index contributed by atoms with van der Waals surface area (Å²) in [6.45, 7) is 4.07. The number of rotatable bonds is 3. The van der Waals surface area contributed by atoms with Crippen LogP contribution in [0.2, 0.25) is 0 Å². The average molecular weight is 168 g/mol. The van der Waals surface area contributed by atoms with Crippen LogP contribution in [-0.2, 0) is 11.3 Å². The van der Waals surface area contributed by atoms with Gasteiger partial charge in [0.15, 0.2) is 0 Å². The van der Waals surface area contributed by atoms with Crippen LogP contribution in [0.25, 0.3) is 0 Å². The highest BCUT2D eigenvalue weighted by molar-refractivity contribution is 7.59. The van der Waals surface area contributed by atoms with Crippen molar-refractivity contribution in [1.82, 2.24) is 0 Å². The topological polar surface area (TPSA) is 9.23 Å². The number of ether oxygens (including phenoxy) is 1. The van der Waals surface area contributed by atoms with Gasteiger partial charge < -0.3 is 4.74 Å². The molecule has 0 aliphatic heterocycles. The van der Waals surface area contributed by atoms with E-state index in [0.29, 0.717) is 6.61 Å². The lowest BCUT2D eigenvalue weighted by atomic mass is 10.2. The van der Waals surface area contributed by atoms with Crippen molar-refractivity contribution in [3.63, 3.8) is 0 Å². The predicted octanol–water partition coefficient (Wildman–Crippen LogP) is 2.46. The summed E-state index contributed by atoms with van der Waals surface area (Å²) in [5.74, 6) is 0. The molecule has 0 aliphatic carbocycles. The summed E-state index contributed by atoms with van der Waals surface area (Å²) in [6.07, 6.45) is 1.45. The van der Waals surface area contributed by atoms with Gasteiger partial charge in [-0.25, -0.2) is 0 Å². The quantitative estimate of drug-likeness (QED) is 0.630. The summed E-state index contributed by atoms with van der Waals surface area (Å²) in [5, 5.41) is 0. The predicted molar refractivity (Wildman–Crippen MR) is 51.8 cm³/mol. The maximum Gasteiger partial charge on any atom is 0.112 e. The Labute approximate surface area is 74.1 Å². The van der Waals surface area contributed by atoms with Crippen LogP contribution in [0.1, 0.15) is 5.56 Å². The third-order valence-corrected chi connectivity index (χ3v) is 1.21. The molecule has 0 bridgehead atoms. The molecule has 0 amide bonds. The molecule has 2 heteroatoms. The smallest absolute Gasteiger partial charge is 0.112 e. The minimum atomic E-state index is 0. The molecular formula is C9H12OS. The Bertz CT molecular complexity index is 196. The normalized spacial score (nSPS) is 8.00. The maximum atomic E-state index is 4.98. The Morgan fingerprint density at radius 3 is 2.45 bits per heavy atom. The largest absolute Gasteiger partial charge is 0.497 e. The fraction of sp³-hybridized carbons (Fsp3) is 0.111. The first-order valence-corrected chi connectivity index (χ1v) is 3.20. The first-order chi connectivity index (χ1) is 4.93. The van der Waals surface area contributed by atoms with E-state index in [1.165, 1.54) is 11.8 Å². The van der Waals surface area contributed by atoms with Crippen molar-refractivity contribution in [3.8, 4) is 0 Å². The molecule has 0 saturated carbocycles. The second kappa shape index (κ2) is 5.86. The Morgan fingerprint density at radius 2 is 1.91 bits per heavy atom. The van der Waals surface area contributed by atoms with Crippen LogP contribution in [0.3, 0.4) is 0 Å². The zero-order chi connectivity index (χ0) is 7.23. The maximum absolute atomic E-state index is 4.98. The molecule has 1 rings (SSSR count). The van der Waals surface area contributed by atoms with Crippen molar-refractivity contribution in [2.75, 3.05) is 0 Å². The molecule has 60 valence electrons. The van der Waals surface area contributed by atoms with E-state index in [-0.39, 0.29) is 13.5 Å². The Morgan fingerprint density at radius 1 is 1.27 bits per heavy atom. The van der Waals surface area contributed by atoms with Gasteiger partial charge in [-0.1, -0.05) is 36.9 Å². The summed E-state index contributed by atoms with van der Waals surface area (Å²) in [7, 11) is 0. The van der Waals surface area contributed by atoms with Gasteiger partial charge in [-0.15, -0.1) is 0 Å². The van der Waals surface area contributed by atoms with E-state index >= 15 is 0 Å². The van der Waals surface area contributed by atoms with E-state index in [1.807, 2.05) is 30.3 Å². The van der Waals surface area contributed by atoms with E-state index in [1.54, 1.807) is 0 Å². The van der Waals surface area contributed by atoms with Gasteiger partial charge >= 0.3 is 0 Å². The molecule has 0 unspecified atom stereocenters. The van der Waals surface area contributed by atoms with Crippen LogP contribution in [0.5, 0.6) is 0 Å². The van der Waals surface area contributed by atoms with Crippen LogP contribution in [0.4, 0.5) is 0 Å². The van der Waals surface area contributed by atoms with E-state index < -0.39 is 0 Å². The van der Waals surface area contributed by atoms with Gasteiger partial charge in [0.2, 0.25) is 0 Å². The Kier molecular flexibility index (Phi) is 5.39. The molecule has 1 aromatic carbocycles. The van der Waals surface area contributed by atoms with Crippen LogP contribution in [0.15, 0.2) is 43.2 Å². The van der Waals surface area contributed by atoms with Gasteiger partial charge in [0, 0.05) is 0 Å². The van der Waals surface area contributed by atoms with Gasteiger partial charge in [-0.3, -0.25) is 0 Å². The molecule has 0 aromatic heterocycles. The first kappa shape index (κ1) is 10.1. The minimum Gasteiger partial charge on any atom is -0.497 e. The van der Waals surface area contributed by atoms with Crippen molar-refractivity contribution >= 4 is 13.5 Å². The van der Waals surface area contributed by atoms with Crippen molar-refractivity contribution in [3.05, 3.63) is 48.7 Å². The lowest BCUT2D eigenvalue weighted by molar-refractivity contribution is 0.237. The van der Waals surface area contributed by atoms with Gasteiger partial charge in [0.05, 0.1) is 6.26 Å². The van der Waals surface area contributed by atoms with E-state index in [4.69, 9.17) is 4.74 Å². The van der Waals surface area contributed by atoms with Crippen LogP contribution >= 0.6 is 13.5 Å². The molecule has 0 radical (unpaired) electrons. The summed E-state index contributed by atoms with van der Waals surface area (Å²) in [4.78, 5) is 0. The average Bonchev–Trinajstić information content (AvgIpc) is 2.03. The molecule has 0 aliphatic rings. The highest BCUT2D eigenvalue weighted by atomic mass is 32.1. The lowest BCUT2D eigenvalue weighted by Crippen LogP contribution is -1.83. The standard InChI is InChI=1S/C9H10O.H2S/c1-2-10-8-9-6-4-3-5-7-9;/h2-7H,1,8H2;1H2. The zero-order valence-electron chi connectivity index (χ0n) is 6.29. The van der Waals surface area contributed by atoms with Crippen molar-refractivity contribution in [2.24, 2.45) is 0 Å². The minimum absolute atomic E-state index is 0. The van der Waals surface area contributed by atoms with E-state index in [2.05, 4.69) is 6.58 Å². The molecule has 1 nitrogen and oxygen atoms in total. The first-order valence-electron chi connectivity index (χ1n) is 3.20. The van der Waals surface area contributed by atoms with Crippen molar-refractivity contribution < 1.29 is 4.74 Å². The molecule has 0 fully saturated rings. The molecule has 11 heavy (non-hydrogen) atoms. The lowest BCUT2D eigenvalue weighted by Gasteiger charge is -1.98. The van der Waals surface area contributed by atoms with Crippen LogP contribution in [-0.4, -0.2) is 0 Å². The molecule has 0 atom stereocenters. The molecule has 0 N–H and O–H groups in total. The van der Waals surface area contributed by atoms with Crippen molar-refractivity contribution in [2.45, 2.75) is 6.61 Å². The highest BCUT2D eigenvalue weighted by Crippen LogP contribution is 1.99. The summed E-state index contributed by atoms with van der Waals surface area (Å²) in [5.41, 5.74) is 1.17. The van der Waals surface area contributed by atoms with Crippen molar-refractivity contribution in [1.29, 1.82) is 0 Å². The molecular weight excluding hydrogens is 156 g/mol. The molecule has 0 spiro atoms. The fourth-order valence-corrected chi connectivity index (χ4v) is 0.729. The van der Waals surface area contributed by atoms with Crippen LogP contribution < -0.4 is 0 Å². The SMILES string of the molecule is C=COCc1ccccc1.S. The van der Waals surface area contributed by atoms with Gasteiger partial charge in [0.1, 0.15) is 6.61 Å². The van der Waals surface area contributed by atoms with Crippen LogP contribution in [0, 0.1) is 0 Å². The fourth-order valence-electron chi connectivity index (χ4n) is 0.729. The highest BCUT2D eigenvalue weighted by Gasteiger charge is 1.85. The third kappa shape index (κ3) is 3.73. The van der Waals surface area contributed by atoms with Gasteiger partial charge in [-0.05, 0) is 5.56 Å². The third-order valence-electron chi connectivity index (χ3n) is 1.21. The van der Waals surface area contributed by atoms with E-state index in [0.717, 1.165) is 0 Å². The summed E-state index contributed by atoms with van der Waals surface area (Å²) in [6, 6.07) is 9.99. The number of hydrogen-bond acceptors (Lipinski definition) is 1.